The third kappa shape index (κ3) is 3.02. The zero-order chi connectivity index (χ0) is 15.7. The molecule has 1 N–H and O–H groups in total. The Morgan fingerprint density at radius 1 is 1.27 bits per heavy atom. The van der Waals surface area contributed by atoms with Gasteiger partial charge in [-0.25, -0.2) is 4.98 Å². The Labute approximate surface area is 134 Å². The van der Waals surface area contributed by atoms with Gasteiger partial charge in [-0.15, -0.1) is 11.3 Å². The third-order valence-electron chi connectivity index (χ3n) is 4.76. The lowest BCUT2D eigenvalue weighted by Crippen LogP contribution is -2.36. The summed E-state index contributed by atoms with van der Waals surface area (Å²) in [5.74, 6) is -0.348. The number of aromatic nitrogens is 1. The van der Waals surface area contributed by atoms with Crippen LogP contribution in [0, 0.1) is 6.92 Å². The summed E-state index contributed by atoms with van der Waals surface area (Å²) < 4.78 is 0. The Hall–Kier alpha value is -1.43. The van der Waals surface area contributed by atoms with Crippen molar-refractivity contribution in [1.29, 1.82) is 0 Å². The molecular formula is C16H22N2O3S. The van der Waals surface area contributed by atoms with E-state index in [1.165, 1.54) is 37.0 Å². The first kappa shape index (κ1) is 15.5. The van der Waals surface area contributed by atoms with Crippen molar-refractivity contribution >= 4 is 23.2 Å². The first-order chi connectivity index (χ1) is 10.6. The number of nitrogens with zero attached hydrogens (tertiary/aromatic N) is 2. The van der Waals surface area contributed by atoms with Gasteiger partial charge in [0.25, 0.3) is 5.91 Å². The molecule has 2 aliphatic rings. The van der Waals surface area contributed by atoms with Crippen LogP contribution in [0.15, 0.2) is 0 Å². The van der Waals surface area contributed by atoms with Gasteiger partial charge in [-0.05, 0) is 32.6 Å². The molecule has 0 aromatic carbocycles. The van der Waals surface area contributed by atoms with Gasteiger partial charge in [0.2, 0.25) is 0 Å². The molecule has 1 aromatic heterocycles. The molecule has 2 heterocycles. The van der Waals surface area contributed by atoms with Crippen LogP contribution >= 0.6 is 11.3 Å². The molecule has 0 spiro atoms. The Balaban J connectivity index is 1.78. The number of carboxylic acid groups (broad SMARTS) is 1. The smallest absolute Gasteiger partial charge is 0.305 e. The molecule has 3 rings (SSSR count). The van der Waals surface area contributed by atoms with E-state index in [0.29, 0.717) is 17.3 Å². The first-order valence-corrected chi connectivity index (χ1v) is 8.88. The van der Waals surface area contributed by atoms with Gasteiger partial charge in [0, 0.05) is 18.5 Å². The number of amides is 1. The molecule has 1 aliphatic carbocycles. The number of thiazole rings is 1. The minimum absolute atomic E-state index is 0.0250. The van der Waals surface area contributed by atoms with Gasteiger partial charge >= 0.3 is 5.97 Å². The quantitative estimate of drug-likeness (QED) is 0.924. The number of carboxylic acids is 1. The number of rotatable bonds is 4. The van der Waals surface area contributed by atoms with E-state index < -0.39 is 5.97 Å². The second-order valence-electron chi connectivity index (χ2n) is 6.34. The lowest BCUT2D eigenvalue weighted by atomic mass is 10.1. The summed E-state index contributed by atoms with van der Waals surface area (Å²) in [6, 6.07) is -0.165. The summed E-state index contributed by atoms with van der Waals surface area (Å²) in [5.41, 5.74) is 0.804. The topological polar surface area (TPSA) is 70.5 Å². The van der Waals surface area contributed by atoms with Gasteiger partial charge in [0.15, 0.2) is 0 Å². The van der Waals surface area contributed by atoms with Crippen LogP contribution in [0.5, 0.6) is 0 Å². The molecule has 2 fully saturated rings. The molecule has 22 heavy (non-hydrogen) atoms. The van der Waals surface area contributed by atoms with Crippen LogP contribution in [0.3, 0.4) is 0 Å². The molecule has 5 nitrogen and oxygen atoms in total. The van der Waals surface area contributed by atoms with Gasteiger partial charge in [-0.3, -0.25) is 9.59 Å². The average molecular weight is 322 g/mol. The van der Waals surface area contributed by atoms with E-state index in [2.05, 4.69) is 4.98 Å². The number of aryl methyl sites for hydroxylation is 1. The molecule has 6 heteroatoms. The van der Waals surface area contributed by atoms with Crippen molar-refractivity contribution in [3.63, 3.8) is 0 Å². The van der Waals surface area contributed by atoms with Crippen LogP contribution in [0.25, 0.3) is 0 Å². The molecule has 0 bridgehead atoms. The minimum Gasteiger partial charge on any atom is -0.481 e. The van der Waals surface area contributed by atoms with Crippen molar-refractivity contribution in [3.8, 4) is 0 Å². The largest absolute Gasteiger partial charge is 0.481 e. The number of carbonyl (C=O) groups excluding carboxylic acids is 1. The van der Waals surface area contributed by atoms with Crippen LogP contribution < -0.4 is 0 Å². The predicted molar refractivity (Wildman–Crippen MR) is 84.4 cm³/mol. The van der Waals surface area contributed by atoms with E-state index in [1.807, 2.05) is 6.92 Å². The molecule has 120 valence electrons. The van der Waals surface area contributed by atoms with Crippen LogP contribution in [0.4, 0.5) is 0 Å². The van der Waals surface area contributed by atoms with Crippen molar-refractivity contribution in [2.24, 2.45) is 0 Å². The molecule has 1 saturated heterocycles. The maximum atomic E-state index is 12.8. The zero-order valence-electron chi connectivity index (χ0n) is 12.9. The Morgan fingerprint density at radius 3 is 2.68 bits per heavy atom. The van der Waals surface area contributed by atoms with Gasteiger partial charge in [0.1, 0.15) is 4.88 Å². The van der Waals surface area contributed by atoms with Gasteiger partial charge in [-0.1, -0.05) is 12.8 Å². The minimum atomic E-state index is -0.836. The molecule has 1 aliphatic heterocycles. The Bertz CT molecular complexity index is 578. The average Bonchev–Trinajstić information content (AvgIpc) is 3.16. The number of hydrogen-bond acceptors (Lipinski definition) is 4. The maximum absolute atomic E-state index is 12.8. The second kappa shape index (κ2) is 6.36. The molecular weight excluding hydrogens is 300 g/mol. The molecule has 1 amide bonds. The zero-order valence-corrected chi connectivity index (χ0v) is 13.7. The fourth-order valence-electron chi connectivity index (χ4n) is 3.61. The summed E-state index contributed by atoms with van der Waals surface area (Å²) in [5, 5.41) is 10.1. The number of hydrogen-bond donors (Lipinski definition) is 1. The van der Waals surface area contributed by atoms with Crippen LogP contribution in [-0.4, -0.2) is 39.5 Å². The normalized spacial score (nSPS) is 22.4. The molecule has 1 saturated carbocycles. The second-order valence-corrected chi connectivity index (χ2v) is 7.37. The van der Waals surface area contributed by atoms with E-state index in [-0.39, 0.29) is 18.4 Å². The highest BCUT2D eigenvalue weighted by atomic mass is 32.1. The van der Waals surface area contributed by atoms with Crippen molar-refractivity contribution in [1.82, 2.24) is 9.88 Å². The van der Waals surface area contributed by atoms with Crippen molar-refractivity contribution in [2.75, 3.05) is 6.54 Å². The van der Waals surface area contributed by atoms with Crippen LogP contribution in [0.1, 0.15) is 71.2 Å². The van der Waals surface area contributed by atoms with E-state index in [4.69, 9.17) is 5.11 Å². The standard InChI is InChI=1S/C16H22N2O3S/c1-10-14(22-15(17-10)11-5-2-3-6-11)16(21)18-8-4-7-12(18)9-13(19)20/h11-12H,2-9H2,1H3,(H,19,20). The van der Waals surface area contributed by atoms with E-state index in [1.54, 1.807) is 4.90 Å². The Kier molecular flexibility index (Phi) is 4.47. The fraction of sp³-hybridized carbons (Fsp3) is 0.688. The van der Waals surface area contributed by atoms with Crippen LogP contribution in [0.2, 0.25) is 0 Å². The van der Waals surface area contributed by atoms with Gasteiger partial charge in [0.05, 0.1) is 17.1 Å². The van der Waals surface area contributed by atoms with Crippen LogP contribution in [-0.2, 0) is 4.79 Å². The summed E-state index contributed by atoms with van der Waals surface area (Å²) in [7, 11) is 0. The number of aliphatic carboxylic acids is 1. The van der Waals surface area contributed by atoms with Crippen molar-refractivity contribution in [3.05, 3.63) is 15.6 Å². The lowest BCUT2D eigenvalue weighted by Gasteiger charge is -2.22. The summed E-state index contributed by atoms with van der Waals surface area (Å²) in [4.78, 5) is 30.8. The van der Waals surface area contributed by atoms with Crippen molar-refractivity contribution in [2.45, 2.75) is 63.8 Å². The predicted octanol–water partition coefficient (Wildman–Crippen LogP) is 3.19. The maximum Gasteiger partial charge on any atom is 0.305 e. The summed E-state index contributed by atoms with van der Waals surface area (Å²) >= 11 is 1.52. The van der Waals surface area contributed by atoms with E-state index in [0.717, 1.165) is 23.5 Å². The molecule has 1 aromatic rings. The Morgan fingerprint density at radius 2 is 2.00 bits per heavy atom. The number of carbonyl (C=O) groups is 2. The van der Waals surface area contributed by atoms with Gasteiger partial charge < -0.3 is 10.0 Å². The fourth-order valence-corrected chi connectivity index (χ4v) is 4.80. The monoisotopic (exact) mass is 322 g/mol. The summed E-state index contributed by atoms with van der Waals surface area (Å²) in [6.07, 6.45) is 6.55. The third-order valence-corrected chi connectivity index (χ3v) is 6.07. The SMILES string of the molecule is Cc1nc(C2CCCC2)sc1C(=O)N1CCCC1CC(=O)O. The molecule has 1 atom stereocenters. The highest BCUT2D eigenvalue weighted by molar-refractivity contribution is 7.13. The van der Waals surface area contributed by atoms with Gasteiger partial charge in [-0.2, -0.15) is 0 Å². The lowest BCUT2D eigenvalue weighted by molar-refractivity contribution is -0.137. The molecule has 0 radical (unpaired) electrons. The highest BCUT2D eigenvalue weighted by Crippen LogP contribution is 2.37. The van der Waals surface area contributed by atoms with E-state index >= 15 is 0 Å². The van der Waals surface area contributed by atoms with E-state index in [9.17, 15) is 9.59 Å². The highest BCUT2D eigenvalue weighted by Gasteiger charge is 2.33. The van der Waals surface area contributed by atoms with Crippen molar-refractivity contribution < 1.29 is 14.7 Å². The first-order valence-electron chi connectivity index (χ1n) is 8.06. The number of likely N-dealkylation sites (tertiary alicyclic amines) is 1. The summed E-state index contributed by atoms with van der Waals surface area (Å²) in [6.45, 7) is 2.55. The molecule has 1 unspecified atom stereocenters.